The molecule has 0 saturated carbocycles. The van der Waals surface area contributed by atoms with Crippen LogP contribution < -0.4 is 16.2 Å². The molecule has 0 spiro atoms. The van der Waals surface area contributed by atoms with E-state index in [-0.39, 0.29) is 25.5 Å². The number of fused-ring (bicyclic) bond motifs is 1. The van der Waals surface area contributed by atoms with Crippen molar-refractivity contribution in [2.75, 3.05) is 18.4 Å². The molecule has 0 fully saturated rings. The van der Waals surface area contributed by atoms with Gasteiger partial charge in [0.15, 0.2) is 0 Å². The van der Waals surface area contributed by atoms with Gasteiger partial charge in [-0.1, -0.05) is 17.3 Å². The predicted molar refractivity (Wildman–Crippen MR) is 94.5 cm³/mol. The topological polar surface area (TPSA) is 102 Å². The third kappa shape index (κ3) is 4.61. The molecule has 0 unspecified atom stereocenters. The van der Waals surface area contributed by atoms with Gasteiger partial charge in [-0.25, -0.2) is 9.67 Å². The molecule has 0 radical (unpaired) electrons. The number of aromatic nitrogens is 4. The first-order chi connectivity index (χ1) is 13.3. The van der Waals surface area contributed by atoms with Crippen LogP contribution in [0.4, 0.5) is 19.0 Å². The highest BCUT2D eigenvalue weighted by atomic mass is 19.4. The molecule has 0 bridgehead atoms. The Hall–Kier alpha value is -3.50. The summed E-state index contributed by atoms with van der Waals surface area (Å²) in [4.78, 5) is 27.9. The summed E-state index contributed by atoms with van der Waals surface area (Å²) in [6.07, 6.45) is -3.71. The summed E-state index contributed by atoms with van der Waals surface area (Å²) in [7, 11) is 0. The molecular formula is C17H15F3N6O2. The highest BCUT2D eigenvalue weighted by Crippen LogP contribution is 2.28. The van der Waals surface area contributed by atoms with Crippen LogP contribution in [0.25, 0.3) is 10.9 Å². The quantitative estimate of drug-likeness (QED) is 0.616. The van der Waals surface area contributed by atoms with E-state index in [0.29, 0.717) is 10.9 Å². The van der Waals surface area contributed by atoms with Gasteiger partial charge in [-0.3, -0.25) is 9.59 Å². The number of hydrogen-bond acceptors (Lipinski definition) is 6. The van der Waals surface area contributed by atoms with E-state index in [2.05, 4.69) is 25.9 Å². The smallest absolute Gasteiger partial charge is 0.368 e. The fourth-order valence-electron chi connectivity index (χ4n) is 2.38. The Labute approximate surface area is 156 Å². The van der Waals surface area contributed by atoms with E-state index in [0.717, 1.165) is 16.9 Å². The van der Waals surface area contributed by atoms with Gasteiger partial charge >= 0.3 is 6.18 Å². The number of amides is 1. The number of nitrogens with one attached hydrogen (secondary N) is 2. The molecule has 2 N–H and O–H groups in total. The number of hydrogen-bond donors (Lipinski definition) is 2. The Morgan fingerprint density at radius 3 is 2.61 bits per heavy atom. The minimum absolute atomic E-state index is 0.178. The first kappa shape index (κ1) is 19.3. The third-order valence-corrected chi connectivity index (χ3v) is 3.77. The number of pyridine rings is 1. The minimum atomic E-state index is -4.44. The van der Waals surface area contributed by atoms with Gasteiger partial charge in [0.1, 0.15) is 17.9 Å². The van der Waals surface area contributed by atoms with Gasteiger partial charge in [0, 0.05) is 19.3 Å². The van der Waals surface area contributed by atoms with Crippen LogP contribution >= 0.6 is 0 Å². The van der Waals surface area contributed by atoms with E-state index >= 15 is 0 Å². The maximum atomic E-state index is 12.5. The van der Waals surface area contributed by atoms with E-state index < -0.39 is 23.2 Å². The van der Waals surface area contributed by atoms with Crippen LogP contribution in [0.1, 0.15) is 5.56 Å². The van der Waals surface area contributed by atoms with Crippen LogP contribution in [-0.2, 0) is 17.5 Å². The zero-order valence-electron chi connectivity index (χ0n) is 14.4. The van der Waals surface area contributed by atoms with Gasteiger partial charge in [-0.2, -0.15) is 13.2 Å². The molecule has 8 nitrogen and oxygen atoms in total. The summed E-state index contributed by atoms with van der Waals surface area (Å²) >= 11 is 0. The lowest BCUT2D eigenvalue weighted by atomic mass is 10.2. The monoisotopic (exact) mass is 392 g/mol. The van der Waals surface area contributed by atoms with Gasteiger partial charge in [0.2, 0.25) is 5.91 Å². The van der Waals surface area contributed by atoms with Crippen molar-refractivity contribution in [3.63, 3.8) is 0 Å². The van der Waals surface area contributed by atoms with Crippen molar-refractivity contribution < 1.29 is 18.0 Å². The number of benzene rings is 1. The molecule has 3 aromatic rings. The molecule has 2 aromatic heterocycles. The number of alkyl halides is 3. The molecule has 2 heterocycles. The van der Waals surface area contributed by atoms with Crippen molar-refractivity contribution in [2.45, 2.75) is 12.7 Å². The van der Waals surface area contributed by atoms with Crippen molar-refractivity contribution in [2.24, 2.45) is 0 Å². The number of anilines is 1. The number of carbonyl (C=O) groups excluding carboxylic acids is 1. The van der Waals surface area contributed by atoms with Crippen LogP contribution in [0.2, 0.25) is 0 Å². The molecule has 0 saturated heterocycles. The molecule has 1 aromatic carbocycles. The predicted octanol–water partition coefficient (Wildman–Crippen LogP) is 1.43. The molecule has 146 valence electrons. The summed E-state index contributed by atoms with van der Waals surface area (Å²) in [5.74, 6) is -0.201. The second-order valence-electron chi connectivity index (χ2n) is 5.78. The zero-order valence-corrected chi connectivity index (χ0v) is 14.4. The summed E-state index contributed by atoms with van der Waals surface area (Å²) in [5, 5.41) is 13.3. The summed E-state index contributed by atoms with van der Waals surface area (Å²) in [6.45, 7) is 0.120. The van der Waals surface area contributed by atoms with E-state index in [4.69, 9.17) is 0 Å². The molecular weight excluding hydrogens is 377 g/mol. The fourth-order valence-corrected chi connectivity index (χ4v) is 2.38. The Balaban J connectivity index is 1.49. The van der Waals surface area contributed by atoms with Crippen LogP contribution in [0.5, 0.6) is 0 Å². The Kier molecular flexibility index (Phi) is 5.52. The van der Waals surface area contributed by atoms with Gasteiger partial charge in [-0.15, -0.1) is 5.10 Å². The van der Waals surface area contributed by atoms with Crippen LogP contribution in [-0.4, -0.2) is 39.0 Å². The summed E-state index contributed by atoms with van der Waals surface area (Å²) < 4.78 is 38.4. The maximum Gasteiger partial charge on any atom is 0.417 e. The van der Waals surface area contributed by atoms with E-state index in [1.165, 1.54) is 6.07 Å². The third-order valence-electron chi connectivity index (χ3n) is 3.77. The number of nitrogens with zero attached hydrogens (tertiary/aromatic N) is 4. The average Bonchev–Trinajstić information content (AvgIpc) is 2.67. The van der Waals surface area contributed by atoms with Gasteiger partial charge in [0.05, 0.1) is 10.9 Å². The highest BCUT2D eigenvalue weighted by molar-refractivity contribution is 5.78. The molecule has 0 aliphatic rings. The van der Waals surface area contributed by atoms with Gasteiger partial charge in [0.25, 0.3) is 5.56 Å². The zero-order chi connectivity index (χ0) is 20.1. The van der Waals surface area contributed by atoms with Crippen molar-refractivity contribution in [1.29, 1.82) is 0 Å². The first-order valence-electron chi connectivity index (χ1n) is 8.21. The largest absolute Gasteiger partial charge is 0.417 e. The maximum absolute atomic E-state index is 12.5. The van der Waals surface area contributed by atoms with E-state index in [9.17, 15) is 22.8 Å². The molecule has 11 heteroatoms. The van der Waals surface area contributed by atoms with Gasteiger partial charge < -0.3 is 10.6 Å². The van der Waals surface area contributed by atoms with Crippen LogP contribution in [0, 0.1) is 0 Å². The normalized spacial score (nSPS) is 11.4. The highest BCUT2D eigenvalue weighted by Gasteiger charge is 2.30. The lowest BCUT2D eigenvalue weighted by molar-refractivity contribution is -0.137. The minimum Gasteiger partial charge on any atom is -0.368 e. The van der Waals surface area contributed by atoms with Crippen molar-refractivity contribution in [3.8, 4) is 0 Å². The van der Waals surface area contributed by atoms with Gasteiger partial charge in [-0.05, 0) is 24.3 Å². The standard InChI is InChI=1S/C17H15F3N6O2/c18-17(19,20)11-5-6-14(23-9-11)21-7-8-22-15(27)10-26-16(28)12-3-1-2-4-13(12)24-25-26/h1-6,9H,7-8,10H2,(H,21,23)(H,22,27). The summed E-state index contributed by atoms with van der Waals surface area (Å²) in [6, 6.07) is 8.78. The SMILES string of the molecule is O=C(Cn1nnc2ccccc2c1=O)NCCNc1ccc(C(F)(F)F)cn1. The van der Waals surface area contributed by atoms with Crippen molar-refractivity contribution >= 4 is 22.6 Å². The first-order valence-corrected chi connectivity index (χ1v) is 8.21. The molecule has 0 aliphatic heterocycles. The van der Waals surface area contributed by atoms with Crippen molar-refractivity contribution in [3.05, 3.63) is 58.5 Å². The lowest BCUT2D eigenvalue weighted by Gasteiger charge is -2.09. The number of halogens is 3. The Bertz CT molecular complexity index is 1030. The molecule has 0 aliphatic carbocycles. The van der Waals surface area contributed by atoms with E-state index in [1.54, 1.807) is 24.3 Å². The molecule has 28 heavy (non-hydrogen) atoms. The Morgan fingerprint density at radius 2 is 1.89 bits per heavy atom. The number of carbonyl (C=O) groups is 1. The van der Waals surface area contributed by atoms with E-state index in [1.807, 2.05) is 0 Å². The second kappa shape index (κ2) is 8.03. The Morgan fingerprint density at radius 1 is 1.11 bits per heavy atom. The molecule has 3 rings (SSSR count). The van der Waals surface area contributed by atoms with Crippen LogP contribution in [0.15, 0.2) is 47.4 Å². The second-order valence-corrected chi connectivity index (χ2v) is 5.78. The summed E-state index contributed by atoms with van der Waals surface area (Å²) in [5.41, 5.74) is -0.821. The van der Waals surface area contributed by atoms with Crippen LogP contribution in [0.3, 0.4) is 0 Å². The molecule has 1 amide bonds. The molecule has 0 atom stereocenters. The van der Waals surface area contributed by atoms with Crippen molar-refractivity contribution in [1.82, 2.24) is 25.3 Å². The number of rotatable bonds is 6. The lowest BCUT2D eigenvalue weighted by Crippen LogP contribution is -2.36. The fraction of sp³-hybridized carbons (Fsp3) is 0.235. The average molecular weight is 392 g/mol.